The number of aryl methyl sites for hydroxylation is 1. The minimum absolute atomic E-state index is 0.0753. The van der Waals surface area contributed by atoms with E-state index in [1.807, 2.05) is 31.2 Å². The number of aliphatic hydroxyl groups is 1. The van der Waals surface area contributed by atoms with Gasteiger partial charge in [-0.3, -0.25) is 0 Å². The Morgan fingerprint density at radius 1 is 1.29 bits per heavy atom. The van der Waals surface area contributed by atoms with Crippen molar-refractivity contribution in [3.63, 3.8) is 0 Å². The molecule has 1 rings (SSSR count). The van der Waals surface area contributed by atoms with Crippen molar-refractivity contribution >= 4 is 0 Å². The van der Waals surface area contributed by atoms with Crippen LogP contribution in [0.2, 0.25) is 0 Å². The molecule has 0 aliphatic rings. The molecule has 0 aromatic heterocycles. The van der Waals surface area contributed by atoms with Crippen LogP contribution in [0.5, 0.6) is 5.75 Å². The van der Waals surface area contributed by atoms with Gasteiger partial charge in [-0.2, -0.15) is 0 Å². The van der Waals surface area contributed by atoms with Gasteiger partial charge in [0, 0.05) is 0 Å². The molecule has 76 valence electrons. The van der Waals surface area contributed by atoms with E-state index < -0.39 is 6.10 Å². The second-order valence-electron chi connectivity index (χ2n) is 3.11. The van der Waals surface area contributed by atoms with E-state index in [2.05, 4.69) is 4.74 Å². The Bertz CT molecular complexity index is 256. The van der Waals surface area contributed by atoms with Gasteiger partial charge >= 0.3 is 0 Å². The van der Waals surface area contributed by atoms with E-state index in [1.165, 1.54) is 5.56 Å². The topological polar surface area (TPSA) is 38.7 Å². The van der Waals surface area contributed by atoms with E-state index in [0.717, 1.165) is 5.75 Å². The fourth-order valence-corrected chi connectivity index (χ4v) is 0.986. The van der Waals surface area contributed by atoms with E-state index in [1.54, 1.807) is 0 Å². The molecule has 0 aliphatic carbocycles. The number of aliphatic hydroxyl groups excluding tert-OH is 1. The molecule has 0 saturated heterocycles. The molecule has 1 aromatic rings. The quantitative estimate of drug-likeness (QED) is 0.770. The first-order valence-electron chi connectivity index (χ1n) is 4.41. The maximum absolute atomic E-state index is 9.24. The lowest BCUT2D eigenvalue weighted by Crippen LogP contribution is -2.22. The van der Waals surface area contributed by atoms with E-state index in [-0.39, 0.29) is 13.2 Å². The van der Waals surface area contributed by atoms with Crippen LogP contribution >= 0.6 is 0 Å². The first-order valence-corrected chi connectivity index (χ1v) is 4.41. The first kappa shape index (κ1) is 11.0. The predicted molar refractivity (Wildman–Crippen MR) is 52.9 cm³/mol. The molecule has 0 amide bonds. The summed E-state index contributed by atoms with van der Waals surface area (Å²) in [5, 5.41) is 9.24. The lowest BCUT2D eigenvalue weighted by Gasteiger charge is -2.11. The fourth-order valence-electron chi connectivity index (χ4n) is 0.986. The van der Waals surface area contributed by atoms with Gasteiger partial charge in [-0.1, -0.05) is 17.7 Å². The van der Waals surface area contributed by atoms with Crippen LogP contribution in [-0.2, 0) is 4.74 Å². The smallest absolute Gasteiger partial charge is 0.119 e. The molecule has 1 aromatic carbocycles. The van der Waals surface area contributed by atoms with E-state index in [9.17, 15) is 5.11 Å². The number of ether oxygens (including phenoxy) is 2. The maximum atomic E-state index is 9.24. The predicted octanol–water partition coefficient (Wildman–Crippen LogP) is 1.42. The number of hydrogen-bond donors (Lipinski definition) is 1. The Morgan fingerprint density at radius 3 is 2.50 bits per heavy atom. The van der Waals surface area contributed by atoms with E-state index in [0.29, 0.717) is 0 Å². The van der Waals surface area contributed by atoms with Crippen molar-refractivity contribution in [1.29, 1.82) is 0 Å². The highest BCUT2D eigenvalue weighted by atomic mass is 16.5. The van der Waals surface area contributed by atoms with Gasteiger partial charge in [0.25, 0.3) is 0 Å². The summed E-state index contributed by atoms with van der Waals surface area (Å²) in [6, 6.07) is 7.60. The highest BCUT2D eigenvalue weighted by molar-refractivity contribution is 5.26. The average Bonchev–Trinajstić information content (AvgIpc) is 2.17. The Balaban J connectivity index is 2.34. The zero-order valence-corrected chi connectivity index (χ0v) is 8.14. The molecular formula is C11H14O3. The van der Waals surface area contributed by atoms with Crippen LogP contribution in [0.15, 0.2) is 24.3 Å². The summed E-state index contributed by atoms with van der Waals surface area (Å²) in [5.74, 6) is 0.728. The van der Waals surface area contributed by atoms with Gasteiger partial charge in [0.05, 0.1) is 6.61 Å². The minimum atomic E-state index is -0.693. The molecule has 1 unspecified atom stereocenters. The van der Waals surface area contributed by atoms with Crippen LogP contribution in [0, 0.1) is 14.0 Å². The highest BCUT2D eigenvalue weighted by Crippen LogP contribution is 2.11. The van der Waals surface area contributed by atoms with E-state index in [4.69, 9.17) is 11.8 Å². The largest absolute Gasteiger partial charge is 0.491 e. The molecule has 0 aliphatic heterocycles. The fraction of sp³-hybridized carbons (Fsp3) is 0.364. The SMILES string of the molecule is [CH]OCC(O)COc1ccc(C)cc1. The lowest BCUT2D eigenvalue weighted by molar-refractivity contribution is 0.0444. The molecule has 14 heavy (non-hydrogen) atoms. The summed E-state index contributed by atoms with van der Waals surface area (Å²) in [7, 11) is 4.80. The average molecular weight is 194 g/mol. The summed E-state index contributed by atoms with van der Waals surface area (Å²) < 4.78 is 9.57. The van der Waals surface area contributed by atoms with Gasteiger partial charge in [0.2, 0.25) is 0 Å². The summed E-state index contributed by atoms with van der Waals surface area (Å²) in [4.78, 5) is 0. The molecule has 3 heteroatoms. The standard InChI is InChI=1S/C11H14O3/c1-9-3-5-11(6-4-9)14-8-10(12)7-13-2/h2-6,10,12H,7-8H2,1H3. The minimum Gasteiger partial charge on any atom is -0.491 e. The van der Waals surface area contributed by atoms with Crippen LogP contribution in [0.3, 0.4) is 0 Å². The van der Waals surface area contributed by atoms with Crippen molar-refractivity contribution in [2.24, 2.45) is 0 Å². The van der Waals surface area contributed by atoms with Crippen LogP contribution in [0.4, 0.5) is 0 Å². The van der Waals surface area contributed by atoms with Crippen molar-refractivity contribution in [1.82, 2.24) is 0 Å². The molecular weight excluding hydrogens is 180 g/mol. The summed E-state index contributed by atoms with van der Waals surface area (Å²) in [6.45, 7) is 2.26. The van der Waals surface area contributed by atoms with Gasteiger partial charge in [0.1, 0.15) is 25.6 Å². The monoisotopic (exact) mass is 194 g/mol. The second-order valence-corrected chi connectivity index (χ2v) is 3.11. The van der Waals surface area contributed by atoms with Crippen molar-refractivity contribution < 1.29 is 14.6 Å². The van der Waals surface area contributed by atoms with E-state index >= 15 is 0 Å². The molecule has 0 spiro atoms. The zero-order chi connectivity index (χ0) is 10.4. The summed E-state index contributed by atoms with van der Waals surface area (Å²) in [5.41, 5.74) is 1.17. The first-order chi connectivity index (χ1) is 6.72. The van der Waals surface area contributed by atoms with Crippen molar-refractivity contribution in [3.05, 3.63) is 36.9 Å². The highest BCUT2D eigenvalue weighted by Gasteiger charge is 2.03. The number of hydrogen-bond acceptors (Lipinski definition) is 3. The number of benzene rings is 1. The van der Waals surface area contributed by atoms with Gasteiger partial charge in [0.15, 0.2) is 0 Å². The Morgan fingerprint density at radius 2 is 1.93 bits per heavy atom. The van der Waals surface area contributed by atoms with Crippen molar-refractivity contribution in [2.75, 3.05) is 13.2 Å². The maximum Gasteiger partial charge on any atom is 0.119 e. The molecule has 0 bridgehead atoms. The van der Waals surface area contributed by atoms with Crippen LogP contribution in [-0.4, -0.2) is 24.4 Å². The summed E-state index contributed by atoms with van der Waals surface area (Å²) in [6.07, 6.45) is -0.693. The molecule has 1 N–H and O–H groups in total. The van der Waals surface area contributed by atoms with Crippen LogP contribution in [0.25, 0.3) is 0 Å². The normalized spacial score (nSPS) is 12.5. The Kier molecular flexibility index (Phi) is 4.43. The molecule has 1 atom stereocenters. The third kappa shape index (κ3) is 3.77. The summed E-state index contributed by atoms with van der Waals surface area (Å²) >= 11 is 0. The van der Waals surface area contributed by atoms with Gasteiger partial charge < -0.3 is 14.6 Å². The van der Waals surface area contributed by atoms with Crippen molar-refractivity contribution in [2.45, 2.75) is 13.0 Å². The molecule has 3 nitrogen and oxygen atoms in total. The van der Waals surface area contributed by atoms with Gasteiger partial charge in [-0.05, 0) is 19.1 Å². The van der Waals surface area contributed by atoms with Crippen molar-refractivity contribution in [3.8, 4) is 5.75 Å². The number of rotatable bonds is 5. The third-order valence-corrected chi connectivity index (χ3v) is 1.75. The third-order valence-electron chi connectivity index (χ3n) is 1.75. The Labute approximate surface area is 84.3 Å². The lowest BCUT2D eigenvalue weighted by atomic mass is 10.2. The molecule has 0 saturated carbocycles. The molecule has 0 fully saturated rings. The van der Waals surface area contributed by atoms with Crippen LogP contribution < -0.4 is 4.74 Å². The molecule has 2 radical (unpaired) electrons. The zero-order valence-electron chi connectivity index (χ0n) is 8.14. The van der Waals surface area contributed by atoms with Crippen LogP contribution in [0.1, 0.15) is 5.56 Å². The molecule has 0 heterocycles. The second kappa shape index (κ2) is 5.62. The van der Waals surface area contributed by atoms with Gasteiger partial charge in [-0.15, -0.1) is 0 Å². The van der Waals surface area contributed by atoms with Gasteiger partial charge in [-0.25, -0.2) is 0 Å². The Hall–Kier alpha value is -1.06.